The summed E-state index contributed by atoms with van der Waals surface area (Å²) in [5.41, 5.74) is 0.904. The summed E-state index contributed by atoms with van der Waals surface area (Å²) in [6, 6.07) is 4.87. The highest BCUT2D eigenvalue weighted by molar-refractivity contribution is 6.30. The molecule has 0 aromatic heterocycles. The average molecular weight is 286 g/mol. The molecule has 0 spiro atoms. The molecule has 2 rings (SSSR count). The molecule has 1 fully saturated rings. The number of hydrogen-bond donors (Lipinski definition) is 1. The fourth-order valence-corrected chi connectivity index (χ4v) is 2.63. The van der Waals surface area contributed by atoms with Gasteiger partial charge in [-0.05, 0) is 43.0 Å². The molecule has 0 amide bonds. The van der Waals surface area contributed by atoms with Crippen molar-refractivity contribution in [1.29, 1.82) is 0 Å². The molecule has 0 radical (unpaired) electrons. The first-order chi connectivity index (χ1) is 9.04. The molecule has 1 unspecified atom stereocenters. The van der Waals surface area contributed by atoms with E-state index in [4.69, 9.17) is 16.7 Å². The highest BCUT2D eigenvalue weighted by atomic mass is 35.5. The van der Waals surface area contributed by atoms with Crippen LogP contribution in [0, 0.1) is 11.7 Å². The quantitative estimate of drug-likeness (QED) is 0.903. The van der Waals surface area contributed by atoms with E-state index in [0.717, 1.165) is 31.5 Å². The summed E-state index contributed by atoms with van der Waals surface area (Å²) >= 11 is 5.65. The number of carboxylic acid groups (broad SMARTS) is 1. The Kier molecular flexibility index (Phi) is 4.77. The van der Waals surface area contributed by atoms with E-state index in [1.165, 1.54) is 6.07 Å². The molecule has 104 valence electrons. The minimum atomic E-state index is -0.738. The molecule has 0 bridgehead atoms. The van der Waals surface area contributed by atoms with Crippen LogP contribution in [0.4, 0.5) is 4.39 Å². The third kappa shape index (κ3) is 4.18. The number of halogens is 2. The fraction of sp³-hybridized carbons (Fsp3) is 0.500. The predicted molar refractivity (Wildman–Crippen MR) is 71.7 cm³/mol. The Morgan fingerprint density at radius 3 is 3.00 bits per heavy atom. The summed E-state index contributed by atoms with van der Waals surface area (Å²) in [6.07, 6.45) is 1.97. The minimum absolute atomic E-state index is 0.143. The van der Waals surface area contributed by atoms with E-state index in [9.17, 15) is 9.18 Å². The minimum Gasteiger partial charge on any atom is -0.481 e. The van der Waals surface area contributed by atoms with E-state index in [2.05, 4.69) is 4.90 Å². The Balaban J connectivity index is 1.84. The zero-order valence-electron chi connectivity index (χ0n) is 10.6. The molecule has 5 heteroatoms. The van der Waals surface area contributed by atoms with Crippen LogP contribution in [-0.2, 0) is 11.3 Å². The van der Waals surface area contributed by atoms with Crippen molar-refractivity contribution >= 4 is 17.6 Å². The number of rotatable bonds is 5. The Labute approximate surface area is 117 Å². The lowest BCUT2D eigenvalue weighted by Crippen LogP contribution is -2.20. The smallest absolute Gasteiger partial charge is 0.303 e. The van der Waals surface area contributed by atoms with Crippen molar-refractivity contribution in [1.82, 2.24) is 4.90 Å². The fourth-order valence-electron chi connectivity index (χ4n) is 2.52. The van der Waals surface area contributed by atoms with Gasteiger partial charge in [0.15, 0.2) is 0 Å². The molecule has 19 heavy (non-hydrogen) atoms. The van der Waals surface area contributed by atoms with Gasteiger partial charge in [-0.1, -0.05) is 17.7 Å². The number of carbonyl (C=O) groups is 1. The van der Waals surface area contributed by atoms with E-state index >= 15 is 0 Å². The molecule has 1 aliphatic rings. The van der Waals surface area contributed by atoms with Crippen molar-refractivity contribution in [3.63, 3.8) is 0 Å². The molecule has 1 aromatic carbocycles. The SMILES string of the molecule is O=C(O)CCC1CCN(Cc2ccc(Cl)c(F)c2)C1. The number of likely N-dealkylation sites (tertiary alicyclic amines) is 1. The summed E-state index contributed by atoms with van der Waals surface area (Å²) < 4.78 is 13.3. The summed E-state index contributed by atoms with van der Waals surface area (Å²) in [7, 11) is 0. The van der Waals surface area contributed by atoms with Gasteiger partial charge in [0.1, 0.15) is 5.82 Å². The second-order valence-electron chi connectivity index (χ2n) is 5.07. The molecule has 1 aliphatic heterocycles. The third-order valence-corrected chi connectivity index (χ3v) is 3.83. The Morgan fingerprint density at radius 1 is 1.53 bits per heavy atom. The molecule has 0 aliphatic carbocycles. The lowest BCUT2D eigenvalue weighted by molar-refractivity contribution is -0.137. The van der Waals surface area contributed by atoms with Gasteiger partial charge in [-0.2, -0.15) is 0 Å². The van der Waals surface area contributed by atoms with Gasteiger partial charge in [-0.25, -0.2) is 4.39 Å². The van der Waals surface area contributed by atoms with Crippen molar-refractivity contribution in [2.45, 2.75) is 25.8 Å². The topological polar surface area (TPSA) is 40.5 Å². The van der Waals surface area contributed by atoms with Crippen LogP contribution in [0.15, 0.2) is 18.2 Å². The van der Waals surface area contributed by atoms with Crippen LogP contribution in [0.2, 0.25) is 5.02 Å². The number of aliphatic carboxylic acids is 1. The molecule has 3 nitrogen and oxygen atoms in total. The number of carboxylic acids is 1. The second kappa shape index (κ2) is 6.35. The van der Waals surface area contributed by atoms with Gasteiger partial charge in [0.25, 0.3) is 0 Å². The predicted octanol–water partition coefficient (Wildman–Crippen LogP) is 3.17. The standard InChI is InChI=1S/C14H17ClFNO2/c15-12-3-1-11(7-13(12)16)9-17-6-5-10(8-17)2-4-14(18)19/h1,3,7,10H,2,4-6,8-9H2,(H,18,19). The first-order valence-electron chi connectivity index (χ1n) is 6.42. The lowest BCUT2D eigenvalue weighted by Gasteiger charge is -2.16. The summed E-state index contributed by atoms with van der Waals surface area (Å²) in [5, 5.41) is 8.81. The van der Waals surface area contributed by atoms with Gasteiger partial charge in [0.2, 0.25) is 0 Å². The van der Waals surface area contributed by atoms with E-state index in [1.807, 2.05) is 6.07 Å². The van der Waals surface area contributed by atoms with Gasteiger partial charge in [0, 0.05) is 19.5 Å². The van der Waals surface area contributed by atoms with E-state index in [-0.39, 0.29) is 17.3 Å². The first kappa shape index (κ1) is 14.3. The molecular weight excluding hydrogens is 269 g/mol. The maximum Gasteiger partial charge on any atom is 0.303 e. The van der Waals surface area contributed by atoms with Gasteiger partial charge in [-0.15, -0.1) is 0 Å². The van der Waals surface area contributed by atoms with Gasteiger partial charge in [0.05, 0.1) is 5.02 Å². The third-order valence-electron chi connectivity index (χ3n) is 3.53. The van der Waals surface area contributed by atoms with Crippen molar-refractivity contribution in [3.8, 4) is 0 Å². The molecule has 1 heterocycles. The van der Waals surface area contributed by atoms with Crippen LogP contribution < -0.4 is 0 Å². The summed E-state index contributed by atoms with van der Waals surface area (Å²) in [4.78, 5) is 12.8. The van der Waals surface area contributed by atoms with Crippen molar-refractivity contribution in [2.75, 3.05) is 13.1 Å². The summed E-state index contributed by atoms with van der Waals surface area (Å²) in [6.45, 7) is 2.52. The highest BCUT2D eigenvalue weighted by Gasteiger charge is 2.23. The Morgan fingerprint density at radius 2 is 2.32 bits per heavy atom. The molecule has 0 saturated carbocycles. The first-order valence-corrected chi connectivity index (χ1v) is 6.80. The van der Waals surface area contributed by atoms with Crippen molar-refractivity contribution < 1.29 is 14.3 Å². The van der Waals surface area contributed by atoms with Crippen LogP contribution in [0.3, 0.4) is 0 Å². The van der Waals surface area contributed by atoms with E-state index in [0.29, 0.717) is 12.5 Å². The van der Waals surface area contributed by atoms with Gasteiger partial charge >= 0.3 is 5.97 Å². The lowest BCUT2D eigenvalue weighted by atomic mass is 10.0. The number of hydrogen-bond acceptors (Lipinski definition) is 2. The molecule has 1 saturated heterocycles. The van der Waals surface area contributed by atoms with Crippen LogP contribution in [0.5, 0.6) is 0 Å². The zero-order valence-corrected chi connectivity index (χ0v) is 11.4. The van der Waals surface area contributed by atoms with Crippen LogP contribution in [0.1, 0.15) is 24.8 Å². The van der Waals surface area contributed by atoms with Crippen molar-refractivity contribution in [2.24, 2.45) is 5.92 Å². The van der Waals surface area contributed by atoms with Gasteiger partial charge in [-0.3, -0.25) is 9.69 Å². The Bertz CT molecular complexity index is 467. The van der Waals surface area contributed by atoms with Gasteiger partial charge < -0.3 is 5.11 Å². The zero-order chi connectivity index (χ0) is 13.8. The highest BCUT2D eigenvalue weighted by Crippen LogP contribution is 2.23. The van der Waals surface area contributed by atoms with E-state index in [1.54, 1.807) is 6.07 Å². The molecule has 1 atom stereocenters. The number of benzene rings is 1. The second-order valence-corrected chi connectivity index (χ2v) is 5.48. The average Bonchev–Trinajstić information content (AvgIpc) is 2.79. The monoisotopic (exact) mass is 285 g/mol. The van der Waals surface area contributed by atoms with E-state index < -0.39 is 5.97 Å². The number of nitrogens with zero attached hydrogens (tertiary/aromatic N) is 1. The Hall–Kier alpha value is -1.13. The maximum absolute atomic E-state index is 13.3. The molecule has 1 aromatic rings. The maximum atomic E-state index is 13.3. The normalized spacial score (nSPS) is 19.8. The molecule has 1 N–H and O–H groups in total. The largest absolute Gasteiger partial charge is 0.481 e. The summed E-state index contributed by atoms with van der Waals surface area (Å²) in [5.74, 6) is -0.688. The van der Waals surface area contributed by atoms with Crippen LogP contribution in [0.25, 0.3) is 0 Å². The van der Waals surface area contributed by atoms with Crippen LogP contribution >= 0.6 is 11.6 Å². The van der Waals surface area contributed by atoms with Crippen LogP contribution in [-0.4, -0.2) is 29.1 Å². The molecular formula is C14H17ClFNO2. The van der Waals surface area contributed by atoms with Crippen molar-refractivity contribution in [3.05, 3.63) is 34.6 Å².